The lowest BCUT2D eigenvalue weighted by Crippen LogP contribution is -2.41. The number of aromatic nitrogens is 1. The van der Waals surface area contributed by atoms with Crippen molar-refractivity contribution in [1.82, 2.24) is 4.98 Å². The highest BCUT2D eigenvalue weighted by atomic mass is 16.5. The zero-order valence-corrected chi connectivity index (χ0v) is 15.1. The fraction of sp³-hybridized carbons (Fsp3) is 0.474. The van der Waals surface area contributed by atoms with E-state index in [9.17, 15) is 4.79 Å². The number of carbonyl (C=O) groups excluding carboxylic acids is 1. The molecule has 5 nitrogen and oxygen atoms in total. The van der Waals surface area contributed by atoms with E-state index in [1.165, 1.54) is 0 Å². The molecule has 24 heavy (non-hydrogen) atoms. The topological polar surface area (TPSA) is 60.5 Å². The van der Waals surface area contributed by atoms with Gasteiger partial charge in [-0.15, -0.1) is 0 Å². The molecule has 2 rings (SSSR count). The molecule has 1 N–H and O–H groups in total. The first-order chi connectivity index (χ1) is 11.4. The number of hydrogen-bond acceptors (Lipinski definition) is 4. The number of nitrogens with one attached hydrogen (secondary N) is 1. The van der Waals surface area contributed by atoms with Crippen LogP contribution in [0.15, 0.2) is 30.5 Å². The van der Waals surface area contributed by atoms with Crippen LogP contribution < -0.4 is 10.1 Å². The van der Waals surface area contributed by atoms with E-state index >= 15 is 0 Å². The average Bonchev–Trinajstić information content (AvgIpc) is 2.60. The molecule has 1 unspecified atom stereocenters. The molecular weight excluding hydrogens is 304 g/mol. The Hall–Kier alpha value is -2.14. The standard InChI is InChI=1S/C19H26N2O3/c1-6-19(4,23-5)18(22)21-15-9-10-16(24-12-13(2)3)17-14(15)8-7-11-20-17/h7-11,13H,6,12H2,1-5H3,(H,21,22). The van der Waals surface area contributed by atoms with Crippen molar-refractivity contribution < 1.29 is 14.3 Å². The van der Waals surface area contributed by atoms with Gasteiger partial charge in [0.25, 0.3) is 5.91 Å². The molecule has 1 atom stereocenters. The fourth-order valence-corrected chi connectivity index (χ4v) is 2.28. The Morgan fingerprint density at radius 3 is 2.71 bits per heavy atom. The van der Waals surface area contributed by atoms with E-state index in [4.69, 9.17) is 9.47 Å². The number of hydrogen-bond donors (Lipinski definition) is 1. The lowest BCUT2D eigenvalue weighted by Gasteiger charge is -2.25. The third-order valence-electron chi connectivity index (χ3n) is 4.16. The summed E-state index contributed by atoms with van der Waals surface area (Å²) in [6, 6.07) is 7.47. The molecule has 5 heteroatoms. The van der Waals surface area contributed by atoms with Crippen molar-refractivity contribution in [3.8, 4) is 5.75 Å². The summed E-state index contributed by atoms with van der Waals surface area (Å²) < 4.78 is 11.2. The second-order valence-corrected chi connectivity index (χ2v) is 6.46. The van der Waals surface area contributed by atoms with Gasteiger partial charge in [-0.3, -0.25) is 9.78 Å². The second-order valence-electron chi connectivity index (χ2n) is 6.46. The average molecular weight is 330 g/mol. The van der Waals surface area contributed by atoms with Gasteiger partial charge in [0.05, 0.1) is 12.3 Å². The van der Waals surface area contributed by atoms with E-state index in [0.717, 1.165) is 16.7 Å². The Bertz CT molecular complexity index is 709. The van der Waals surface area contributed by atoms with Gasteiger partial charge in [0.1, 0.15) is 16.9 Å². The number of amides is 1. The zero-order chi connectivity index (χ0) is 17.7. The number of benzene rings is 1. The molecule has 0 aliphatic rings. The molecule has 2 aromatic rings. The minimum Gasteiger partial charge on any atom is -0.491 e. The van der Waals surface area contributed by atoms with Crippen molar-refractivity contribution in [3.63, 3.8) is 0 Å². The van der Waals surface area contributed by atoms with Crippen molar-refractivity contribution in [2.24, 2.45) is 5.92 Å². The molecule has 0 aliphatic heterocycles. The minimum atomic E-state index is -0.860. The molecule has 0 saturated carbocycles. The first-order valence-electron chi connectivity index (χ1n) is 8.28. The number of fused-ring (bicyclic) bond motifs is 1. The van der Waals surface area contributed by atoms with Gasteiger partial charge in [-0.1, -0.05) is 20.8 Å². The van der Waals surface area contributed by atoms with Gasteiger partial charge in [-0.2, -0.15) is 0 Å². The Labute approximate surface area is 143 Å². The maximum Gasteiger partial charge on any atom is 0.256 e. The summed E-state index contributed by atoms with van der Waals surface area (Å²) in [5.74, 6) is 0.978. The van der Waals surface area contributed by atoms with Gasteiger partial charge < -0.3 is 14.8 Å². The van der Waals surface area contributed by atoms with Crippen LogP contribution in [-0.2, 0) is 9.53 Å². The van der Waals surface area contributed by atoms with Crippen LogP contribution in [0.5, 0.6) is 5.75 Å². The lowest BCUT2D eigenvalue weighted by atomic mass is 10.0. The highest BCUT2D eigenvalue weighted by Crippen LogP contribution is 2.31. The van der Waals surface area contributed by atoms with Crippen LogP contribution in [0, 0.1) is 5.92 Å². The maximum absolute atomic E-state index is 12.6. The Balaban J connectivity index is 2.36. The van der Waals surface area contributed by atoms with Crippen molar-refractivity contribution in [3.05, 3.63) is 30.5 Å². The van der Waals surface area contributed by atoms with Gasteiger partial charge in [-0.25, -0.2) is 0 Å². The second kappa shape index (κ2) is 7.62. The number of anilines is 1. The first-order valence-corrected chi connectivity index (χ1v) is 8.28. The van der Waals surface area contributed by atoms with Crippen LogP contribution in [0.25, 0.3) is 10.9 Å². The SMILES string of the molecule is CCC(C)(OC)C(=O)Nc1ccc(OCC(C)C)c2ncccc12. The molecule has 1 heterocycles. The summed E-state index contributed by atoms with van der Waals surface area (Å²) >= 11 is 0. The van der Waals surface area contributed by atoms with Crippen molar-refractivity contribution in [1.29, 1.82) is 0 Å². The number of rotatable bonds is 7. The van der Waals surface area contributed by atoms with Gasteiger partial charge >= 0.3 is 0 Å². The highest BCUT2D eigenvalue weighted by Gasteiger charge is 2.31. The molecule has 1 amide bonds. The third-order valence-corrected chi connectivity index (χ3v) is 4.16. The maximum atomic E-state index is 12.6. The van der Waals surface area contributed by atoms with Gasteiger partial charge in [0, 0.05) is 18.7 Å². The predicted octanol–water partition coefficient (Wildman–Crippen LogP) is 4.02. The lowest BCUT2D eigenvalue weighted by molar-refractivity contribution is -0.136. The van der Waals surface area contributed by atoms with Gasteiger partial charge in [0.15, 0.2) is 0 Å². The van der Waals surface area contributed by atoms with Crippen LogP contribution in [0.1, 0.15) is 34.1 Å². The summed E-state index contributed by atoms with van der Waals surface area (Å²) in [4.78, 5) is 17.0. The number of methoxy groups -OCH3 is 1. The van der Waals surface area contributed by atoms with Crippen molar-refractivity contribution >= 4 is 22.5 Å². The molecule has 0 radical (unpaired) electrons. The van der Waals surface area contributed by atoms with E-state index in [0.29, 0.717) is 24.6 Å². The summed E-state index contributed by atoms with van der Waals surface area (Å²) in [5.41, 5.74) is 0.588. The normalized spacial score (nSPS) is 13.8. The molecule has 0 saturated heterocycles. The fourth-order valence-electron chi connectivity index (χ4n) is 2.28. The zero-order valence-electron chi connectivity index (χ0n) is 15.1. The number of ether oxygens (including phenoxy) is 2. The van der Waals surface area contributed by atoms with E-state index < -0.39 is 5.60 Å². The molecule has 0 fully saturated rings. The Morgan fingerprint density at radius 1 is 1.33 bits per heavy atom. The smallest absolute Gasteiger partial charge is 0.256 e. The van der Waals surface area contributed by atoms with Gasteiger partial charge in [0.2, 0.25) is 0 Å². The molecule has 0 bridgehead atoms. The molecule has 0 aliphatic carbocycles. The Kier molecular flexibility index (Phi) is 5.78. The largest absolute Gasteiger partial charge is 0.491 e. The quantitative estimate of drug-likeness (QED) is 0.833. The van der Waals surface area contributed by atoms with Crippen LogP contribution >= 0.6 is 0 Å². The van der Waals surface area contributed by atoms with E-state index in [2.05, 4.69) is 24.1 Å². The van der Waals surface area contributed by atoms with Crippen LogP contribution in [-0.4, -0.2) is 30.2 Å². The summed E-state index contributed by atoms with van der Waals surface area (Å²) in [6.45, 7) is 8.52. The van der Waals surface area contributed by atoms with E-state index in [-0.39, 0.29) is 5.91 Å². The van der Waals surface area contributed by atoms with E-state index in [1.807, 2.05) is 31.2 Å². The van der Waals surface area contributed by atoms with E-state index in [1.54, 1.807) is 20.2 Å². The molecular formula is C19H26N2O3. The summed E-state index contributed by atoms with van der Waals surface area (Å²) in [6.07, 6.45) is 2.31. The van der Waals surface area contributed by atoms with Crippen molar-refractivity contribution in [2.45, 2.75) is 39.7 Å². The molecule has 1 aromatic heterocycles. The summed E-state index contributed by atoms with van der Waals surface area (Å²) in [7, 11) is 1.55. The number of carbonyl (C=O) groups is 1. The van der Waals surface area contributed by atoms with Crippen LogP contribution in [0.2, 0.25) is 0 Å². The monoisotopic (exact) mass is 330 g/mol. The molecule has 130 valence electrons. The number of pyridine rings is 1. The minimum absolute atomic E-state index is 0.173. The van der Waals surface area contributed by atoms with Crippen LogP contribution in [0.4, 0.5) is 5.69 Å². The molecule has 0 spiro atoms. The number of nitrogens with zero attached hydrogens (tertiary/aromatic N) is 1. The highest BCUT2D eigenvalue weighted by molar-refractivity contribution is 6.05. The first kappa shape index (κ1) is 18.2. The van der Waals surface area contributed by atoms with Crippen LogP contribution in [0.3, 0.4) is 0 Å². The summed E-state index contributed by atoms with van der Waals surface area (Å²) in [5, 5.41) is 3.81. The predicted molar refractivity (Wildman–Crippen MR) is 96.4 cm³/mol. The Morgan fingerprint density at radius 2 is 2.08 bits per heavy atom. The van der Waals surface area contributed by atoms with Crippen molar-refractivity contribution in [2.75, 3.05) is 19.0 Å². The molecule has 1 aromatic carbocycles. The third kappa shape index (κ3) is 3.85. The van der Waals surface area contributed by atoms with Gasteiger partial charge in [-0.05, 0) is 43.5 Å².